The van der Waals surface area contributed by atoms with E-state index in [9.17, 15) is 14.9 Å². The Morgan fingerprint density at radius 1 is 1.48 bits per heavy atom. The Hall–Kier alpha value is -2.46. The van der Waals surface area contributed by atoms with Crippen molar-refractivity contribution in [2.45, 2.75) is 10.1 Å². The van der Waals surface area contributed by atoms with E-state index in [4.69, 9.17) is 5.11 Å². The van der Waals surface area contributed by atoms with Crippen LogP contribution >= 0.6 is 23.1 Å². The van der Waals surface area contributed by atoms with Crippen molar-refractivity contribution in [1.29, 1.82) is 0 Å². The number of aromatic carboxylic acids is 1. The number of pyridine rings is 1. The van der Waals surface area contributed by atoms with Crippen molar-refractivity contribution in [1.82, 2.24) is 14.4 Å². The van der Waals surface area contributed by atoms with Gasteiger partial charge >= 0.3 is 11.8 Å². The molecule has 0 aliphatic heterocycles. The molecular formula is C11H6N4O4S2. The van der Waals surface area contributed by atoms with Crippen molar-refractivity contribution >= 4 is 39.8 Å². The first-order valence-corrected chi connectivity index (χ1v) is 7.23. The molecule has 0 saturated carbocycles. The Labute approximate surface area is 125 Å². The number of hydrogen-bond donors (Lipinski definition) is 1. The topological polar surface area (TPSA) is 111 Å². The third kappa shape index (κ3) is 2.34. The predicted molar refractivity (Wildman–Crippen MR) is 75.0 cm³/mol. The minimum absolute atomic E-state index is 0.0202. The fourth-order valence-corrected chi connectivity index (χ4v) is 3.44. The second kappa shape index (κ2) is 5.14. The molecule has 0 aromatic carbocycles. The van der Waals surface area contributed by atoms with E-state index in [2.05, 4.69) is 9.97 Å². The summed E-state index contributed by atoms with van der Waals surface area (Å²) in [4.78, 5) is 30.4. The zero-order valence-electron chi connectivity index (χ0n) is 10.2. The highest BCUT2D eigenvalue weighted by Gasteiger charge is 2.26. The maximum atomic E-state index is 11.2. The summed E-state index contributed by atoms with van der Waals surface area (Å²) in [5.41, 5.74) is -0.0202. The molecule has 3 heterocycles. The van der Waals surface area contributed by atoms with Crippen LogP contribution in [0.1, 0.15) is 10.4 Å². The molecule has 0 radical (unpaired) electrons. The number of thiazole rings is 1. The van der Waals surface area contributed by atoms with Gasteiger partial charge in [-0.1, -0.05) is 11.3 Å². The Morgan fingerprint density at radius 3 is 3.00 bits per heavy atom. The van der Waals surface area contributed by atoms with Gasteiger partial charge in [0.1, 0.15) is 11.2 Å². The SMILES string of the molecule is O=C(O)c1cccnc1Sc1nc2sccn2c1[N+](=O)[O-]. The highest BCUT2D eigenvalue weighted by Crippen LogP contribution is 2.36. The van der Waals surface area contributed by atoms with E-state index in [1.165, 1.54) is 34.1 Å². The molecule has 21 heavy (non-hydrogen) atoms. The summed E-state index contributed by atoms with van der Waals surface area (Å²) in [7, 11) is 0. The van der Waals surface area contributed by atoms with E-state index in [1.807, 2.05) is 0 Å². The molecular weight excluding hydrogens is 316 g/mol. The zero-order valence-corrected chi connectivity index (χ0v) is 11.8. The van der Waals surface area contributed by atoms with Gasteiger partial charge < -0.3 is 15.2 Å². The monoisotopic (exact) mass is 322 g/mol. The molecule has 10 heteroatoms. The molecule has 0 unspecified atom stereocenters. The van der Waals surface area contributed by atoms with Crippen molar-refractivity contribution in [3.8, 4) is 0 Å². The normalized spacial score (nSPS) is 10.9. The van der Waals surface area contributed by atoms with E-state index >= 15 is 0 Å². The number of carbonyl (C=O) groups is 1. The lowest BCUT2D eigenvalue weighted by Gasteiger charge is -2.02. The van der Waals surface area contributed by atoms with Crippen molar-refractivity contribution in [2.75, 3.05) is 0 Å². The lowest BCUT2D eigenvalue weighted by atomic mass is 10.3. The molecule has 106 valence electrons. The molecule has 1 N–H and O–H groups in total. The van der Waals surface area contributed by atoms with Crippen molar-refractivity contribution in [3.05, 3.63) is 45.6 Å². The largest absolute Gasteiger partial charge is 0.478 e. The van der Waals surface area contributed by atoms with Gasteiger partial charge in [-0.3, -0.25) is 0 Å². The summed E-state index contributed by atoms with van der Waals surface area (Å²) in [6.07, 6.45) is 2.98. The standard InChI is InChI=1S/C11H6N4O4S2/c16-10(17)6-2-1-3-12-7(6)21-8-9(15(18)19)14-4-5-20-11(14)13-8/h1-5H,(H,16,17). The second-order valence-corrected chi connectivity index (χ2v) is 5.67. The number of carboxylic acids is 1. The quantitative estimate of drug-likeness (QED) is 0.580. The molecule has 0 spiro atoms. The van der Waals surface area contributed by atoms with Gasteiger partial charge in [-0.2, -0.15) is 9.38 Å². The highest BCUT2D eigenvalue weighted by molar-refractivity contribution is 7.99. The van der Waals surface area contributed by atoms with Gasteiger partial charge in [-0.15, -0.1) is 0 Å². The molecule has 0 bridgehead atoms. The first-order chi connectivity index (χ1) is 10.1. The van der Waals surface area contributed by atoms with E-state index in [0.29, 0.717) is 4.96 Å². The molecule has 0 amide bonds. The highest BCUT2D eigenvalue weighted by atomic mass is 32.2. The van der Waals surface area contributed by atoms with E-state index < -0.39 is 10.9 Å². The Bertz CT molecular complexity index is 857. The van der Waals surface area contributed by atoms with Crippen LogP contribution in [0.2, 0.25) is 0 Å². The number of nitro groups is 1. The molecule has 3 aromatic heterocycles. The number of hydrogen-bond acceptors (Lipinski definition) is 7. The average Bonchev–Trinajstić information content (AvgIpc) is 2.98. The third-order valence-electron chi connectivity index (χ3n) is 2.57. The summed E-state index contributed by atoms with van der Waals surface area (Å²) in [6, 6.07) is 2.88. The lowest BCUT2D eigenvalue weighted by Crippen LogP contribution is -2.00. The Balaban J connectivity index is 2.10. The van der Waals surface area contributed by atoms with Gasteiger partial charge in [0.15, 0.2) is 0 Å². The molecule has 0 saturated heterocycles. The summed E-state index contributed by atoms with van der Waals surface area (Å²) in [6.45, 7) is 0. The molecule has 3 aromatic rings. The third-order valence-corrected chi connectivity index (χ3v) is 4.32. The fraction of sp³-hybridized carbons (Fsp3) is 0. The van der Waals surface area contributed by atoms with Crippen molar-refractivity contribution in [3.63, 3.8) is 0 Å². The minimum Gasteiger partial charge on any atom is -0.478 e. The number of carboxylic acid groups (broad SMARTS) is 1. The van der Waals surface area contributed by atoms with E-state index in [-0.39, 0.29) is 21.4 Å². The van der Waals surface area contributed by atoms with Crippen LogP contribution in [0, 0.1) is 10.1 Å². The summed E-state index contributed by atoms with van der Waals surface area (Å²) in [5.74, 6) is -1.34. The van der Waals surface area contributed by atoms with Gasteiger partial charge in [0.25, 0.3) is 4.96 Å². The van der Waals surface area contributed by atoms with Crippen LogP contribution in [0.15, 0.2) is 40.0 Å². The summed E-state index contributed by atoms with van der Waals surface area (Å²) < 4.78 is 1.36. The summed E-state index contributed by atoms with van der Waals surface area (Å²) >= 11 is 2.13. The maximum absolute atomic E-state index is 11.2. The van der Waals surface area contributed by atoms with Crippen LogP contribution in [0.3, 0.4) is 0 Å². The van der Waals surface area contributed by atoms with Gasteiger partial charge in [-0.25, -0.2) is 9.78 Å². The molecule has 3 rings (SSSR count). The molecule has 0 fully saturated rings. The molecule has 8 nitrogen and oxygen atoms in total. The number of rotatable bonds is 4. The number of nitrogens with zero attached hydrogens (tertiary/aromatic N) is 4. The van der Waals surface area contributed by atoms with Crippen LogP contribution in [0.25, 0.3) is 4.96 Å². The van der Waals surface area contributed by atoms with Gasteiger partial charge in [0.2, 0.25) is 5.03 Å². The molecule has 0 aliphatic rings. The van der Waals surface area contributed by atoms with Crippen LogP contribution in [-0.2, 0) is 0 Å². The summed E-state index contributed by atoms with van der Waals surface area (Å²) in [5, 5.41) is 22.3. The van der Waals surface area contributed by atoms with Crippen LogP contribution in [-0.4, -0.2) is 30.4 Å². The Morgan fingerprint density at radius 2 is 2.29 bits per heavy atom. The van der Waals surface area contributed by atoms with E-state index in [1.54, 1.807) is 11.6 Å². The fourth-order valence-electron chi connectivity index (χ4n) is 1.72. The van der Waals surface area contributed by atoms with Crippen molar-refractivity contribution in [2.24, 2.45) is 0 Å². The number of imidazole rings is 1. The zero-order chi connectivity index (χ0) is 15.0. The second-order valence-electron chi connectivity index (χ2n) is 3.82. The average molecular weight is 322 g/mol. The van der Waals surface area contributed by atoms with Crippen LogP contribution in [0.4, 0.5) is 5.82 Å². The predicted octanol–water partition coefficient (Wildman–Crippen LogP) is 2.55. The van der Waals surface area contributed by atoms with Crippen molar-refractivity contribution < 1.29 is 14.8 Å². The Kier molecular flexibility index (Phi) is 3.31. The molecule has 0 atom stereocenters. The van der Waals surface area contributed by atoms with Crippen LogP contribution < -0.4 is 0 Å². The first kappa shape index (κ1) is 13.5. The van der Waals surface area contributed by atoms with E-state index in [0.717, 1.165) is 11.8 Å². The minimum atomic E-state index is -1.14. The van der Waals surface area contributed by atoms with Crippen LogP contribution in [0.5, 0.6) is 0 Å². The van der Waals surface area contributed by atoms with Gasteiger partial charge in [-0.05, 0) is 28.8 Å². The van der Waals surface area contributed by atoms with Gasteiger partial charge in [0.05, 0.1) is 5.56 Å². The smallest absolute Gasteiger partial charge is 0.363 e. The molecule has 0 aliphatic carbocycles. The lowest BCUT2D eigenvalue weighted by molar-refractivity contribution is -0.393. The van der Waals surface area contributed by atoms with Gasteiger partial charge in [0, 0.05) is 11.6 Å². The first-order valence-electron chi connectivity index (χ1n) is 5.54. The number of aromatic nitrogens is 3. The number of fused-ring (bicyclic) bond motifs is 1. The maximum Gasteiger partial charge on any atom is 0.363 e.